The number of likely N-dealkylation sites (tertiary alicyclic amines) is 1. The monoisotopic (exact) mass is 245 g/mol. The summed E-state index contributed by atoms with van der Waals surface area (Å²) in [6, 6.07) is 0. The Labute approximate surface area is 100 Å². The third kappa shape index (κ3) is 2.88. The van der Waals surface area contributed by atoms with Crippen LogP contribution < -0.4 is 0 Å². The van der Waals surface area contributed by atoms with Crippen molar-refractivity contribution >= 4 is 12.1 Å². The van der Waals surface area contributed by atoms with Crippen LogP contribution >= 0.6 is 0 Å². The fraction of sp³-hybridized carbons (Fsp3) is 0.818. The largest absolute Gasteiger partial charge is 0.480 e. The number of aliphatic carboxylic acids is 1. The van der Waals surface area contributed by atoms with E-state index >= 15 is 0 Å². The van der Waals surface area contributed by atoms with E-state index in [9.17, 15) is 14.7 Å². The van der Waals surface area contributed by atoms with Gasteiger partial charge in [0, 0.05) is 6.42 Å². The van der Waals surface area contributed by atoms with Gasteiger partial charge in [-0.3, -0.25) is 4.90 Å². The van der Waals surface area contributed by atoms with E-state index in [1.807, 2.05) is 0 Å². The maximum Gasteiger partial charge on any atom is 0.411 e. The lowest BCUT2D eigenvalue weighted by Gasteiger charge is -2.32. The van der Waals surface area contributed by atoms with Gasteiger partial charge in [-0.2, -0.15) is 0 Å². The zero-order chi connectivity index (χ0) is 13.4. The van der Waals surface area contributed by atoms with Crippen molar-refractivity contribution in [2.24, 2.45) is 0 Å². The van der Waals surface area contributed by atoms with Crippen LogP contribution in [0.3, 0.4) is 0 Å². The number of ether oxygens (including phenoxy) is 1. The molecule has 1 aliphatic rings. The Morgan fingerprint density at radius 2 is 1.94 bits per heavy atom. The number of carbonyl (C=O) groups excluding carboxylic acids is 1. The average molecular weight is 245 g/mol. The molecule has 1 amide bonds. The lowest BCUT2D eigenvalue weighted by Crippen LogP contribution is -2.52. The van der Waals surface area contributed by atoms with E-state index in [0.29, 0.717) is 0 Å². The van der Waals surface area contributed by atoms with Gasteiger partial charge in [0.25, 0.3) is 0 Å². The Hall–Kier alpha value is -1.30. The predicted molar refractivity (Wildman–Crippen MR) is 59.6 cm³/mol. The second-order valence-corrected chi connectivity index (χ2v) is 5.53. The summed E-state index contributed by atoms with van der Waals surface area (Å²) in [4.78, 5) is 24.1. The molecule has 2 atom stereocenters. The molecule has 1 saturated heterocycles. The van der Waals surface area contributed by atoms with Gasteiger partial charge >= 0.3 is 12.1 Å². The van der Waals surface area contributed by atoms with Crippen molar-refractivity contribution < 1.29 is 24.5 Å². The molecule has 98 valence electrons. The molecule has 0 aromatic heterocycles. The van der Waals surface area contributed by atoms with Crippen LogP contribution in [-0.4, -0.2) is 51.0 Å². The lowest BCUT2D eigenvalue weighted by molar-refractivity contribution is -0.148. The van der Waals surface area contributed by atoms with Crippen LogP contribution in [0.25, 0.3) is 0 Å². The fourth-order valence-corrected chi connectivity index (χ4v) is 1.84. The summed E-state index contributed by atoms with van der Waals surface area (Å²) in [7, 11) is 0. The van der Waals surface area contributed by atoms with E-state index in [2.05, 4.69) is 0 Å². The lowest BCUT2D eigenvalue weighted by atomic mass is 9.99. The third-order valence-electron chi connectivity index (χ3n) is 2.70. The number of amides is 1. The highest BCUT2D eigenvalue weighted by atomic mass is 16.6. The predicted octanol–water partition coefficient (Wildman–Crippen LogP) is 0.831. The van der Waals surface area contributed by atoms with Crippen LogP contribution in [0.2, 0.25) is 0 Å². The molecule has 0 spiro atoms. The third-order valence-corrected chi connectivity index (χ3v) is 2.70. The van der Waals surface area contributed by atoms with Crippen molar-refractivity contribution in [1.29, 1.82) is 0 Å². The van der Waals surface area contributed by atoms with Crippen LogP contribution in [0.1, 0.15) is 34.1 Å². The van der Waals surface area contributed by atoms with Gasteiger partial charge in [0.15, 0.2) is 0 Å². The number of hydrogen-bond acceptors (Lipinski definition) is 4. The van der Waals surface area contributed by atoms with Gasteiger partial charge in [-0.1, -0.05) is 0 Å². The van der Waals surface area contributed by atoms with E-state index in [-0.39, 0.29) is 13.0 Å². The Kier molecular flexibility index (Phi) is 3.38. The van der Waals surface area contributed by atoms with Gasteiger partial charge in [-0.15, -0.1) is 0 Å². The van der Waals surface area contributed by atoms with Crippen LogP contribution in [0.15, 0.2) is 0 Å². The molecule has 6 nitrogen and oxygen atoms in total. The minimum Gasteiger partial charge on any atom is -0.480 e. The minimum atomic E-state index is -1.40. The minimum absolute atomic E-state index is 0.0155. The smallest absolute Gasteiger partial charge is 0.411 e. The van der Waals surface area contributed by atoms with Gasteiger partial charge in [-0.05, 0) is 27.7 Å². The van der Waals surface area contributed by atoms with Crippen molar-refractivity contribution in [2.45, 2.75) is 51.4 Å². The zero-order valence-electron chi connectivity index (χ0n) is 10.6. The summed E-state index contributed by atoms with van der Waals surface area (Å²) in [6.45, 7) is 6.51. The van der Waals surface area contributed by atoms with Crippen LogP contribution in [-0.2, 0) is 9.53 Å². The van der Waals surface area contributed by atoms with E-state index < -0.39 is 29.3 Å². The highest BCUT2D eigenvalue weighted by molar-refractivity contribution is 5.85. The van der Waals surface area contributed by atoms with Crippen molar-refractivity contribution in [3.8, 4) is 0 Å². The van der Waals surface area contributed by atoms with Gasteiger partial charge in [0.05, 0.1) is 12.6 Å². The van der Waals surface area contributed by atoms with Gasteiger partial charge in [-0.25, -0.2) is 9.59 Å². The van der Waals surface area contributed by atoms with Crippen molar-refractivity contribution in [3.63, 3.8) is 0 Å². The molecule has 0 aliphatic carbocycles. The number of carboxylic acid groups (broad SMARTS) is 1. The Bertz CT molecular complexity index is 335. The average Bonchev–Trinajstić information content (AvgIpc) is 2.40. The molecule has 1 aliphatic heterocycles. The molecule has 17 heavy (non-hydrogen) atoms. The van der Waals surface area contributed by atoms with Gasteiger partial charge < -0.3 is 14.9 Å². The summed E-state index contributed by atoms with van der Waals surface area (Å²) in [5.74, 6) is -1.14. The summed E-state index contributed by atoms with van der Waals surface area (Å²) in [5, 5.41) is 18.7. The molecule has 1 rings (SSSR count). The SMILES string of the molecule is CC(C)(C)OC(=O)N1CC(O)C[C@]1(C)C(=O)O. The Morgan fingerprint density at radius 1 is 1.41 bits per heavy atom. The summed E-state index contributed by atoms with van der Waals surface area (Å²) in [6.07, 6.45) is -1.52. The second-order valence-electron chi connectivity index (χ2n) is 5.53. The van der Waals surface area contributed by atoms with E-state index in [4.69, 9.17) is 9.84 Å². The van der Waals surface area contributed by atoms with Crippen molar-refractivity contribution in [1.82, 2.24) is 4.90 Å². The number of β-amino-alcohol motifs (C(OH)–C–C–N with tert-alkyl or cyclic N) is 1. The normalized spacial score (nSPS) is 29.2. The second kappa shape index (κ2) is 4.18. The molecule has 0 saturated carbocycles. The maximum absolute atomic E-state index is 11.9. The molecule has 1 fully saturated rings. The van der Waals surface area contributed by atoms with Crippen molar-refractivity contribution in [2.75, 3.05) is 6.54 Å². The Balaban J connectivity index is 2.88. The molecule has 0 aromatic rings. The molecule has 2 N–H and O–H groups in total. The van der Waals surface area contributed by atoms with E-state index in [1.165, 1.54) is 6.92 Å². The first-order chi connectivity index (χ1) is 7.56. The molecular formula is C11H19NO5. The zero-order valence-corrected chi connectivity index (χ0v) is 10.6. The molecule has 0 bridgehead atoms. The molecule has 1 heterocycles. The summed E-state index contributed by atoms with van der Waals surface area (Å²) >= 11 is 0. The quantitative estimate of drug-likeness (QED) is 0.714. The highest BCUT2D eigenvalue weighted by Gasteiger charge is 2.51. The first-order valence-electron chi connectivity index (χ1n) is 5.48. The van der Waals surface area contributed by atoms with E-state index in [1.54, 1.807) is 20.8 Å². The topological polar surface area (TPSA) is 87.1 Å². The number of carboxylic acids is 1. The highest BCUT2D eigenvalue weighted by Crippen LogP contribution is 2.31. The molecule has 1 unspecified atom stereocenters. The first-order valence-corrected chi connectivity index (χ1v) is 5.48. The number of hydrogen-bond donors (Lipinski definition) is 2. The summed E-state index contributed by atoms with van der Waals surface area (Å²) in [5.41, 5.74) is -2.09. The number of aliphatic hydroxyl groups is 1. The van der Waals surface area contributed by atoms with Crippen LogP contribution in [0.5, 0.6) is 0 Å². The van der Waals surface area contributed by atoms with Crippen molar-refractivity contribution in [3.05, 3.63) is 0 Å². The Morgan fingerprint density at radius 3 is 2.35 bits per heavy atom. The molecule has 0 aromatic carbocycles. The fourth-order valence-electron chi connectivity index (χ4n) is 1.84. The van der Waals surface area contributed by atoms with Gasteiger partial charge in [0.1, 0.15) is 11.1 Å². The van der Waals surface area contributed by atoms with Crippen LogP contribution in [0.4, 0.5) is 4.79 Å². The number of aliphatic hydroxyl groups excluding tert-OH is 1. The standard InChI is InChI=1S/C11H19NO5/c1-10(2,3)17-9(16)12-6-7(13)5-11(12,4)8(14)15/h7,13H,5-6H2,1-4H3,(H,14,15)/t7?,11-/m1/s1. The molecule has 6 heteroatoms. The number of rotatable bonds is 1. The first kappa shape index (κ1) is 13.8. The van der Waals surface area contributed by atoms with Gasteiger partial charge in [0.2, 0.25) is 0 Å². The van der Waals surface area contributed by atoms with E-state index in [0.717, 1.165) is 4.90 Å². The molecule has 0 radical (unpaired) electrons. The van der Waals surface area contributed by atoms with Crippen LogP contribution in [0, 0.1) is 0 Å². The number of nitrogens with zero attached hydrogens (tertiary/aromatic N) is 1. The summed E-state index contributed by atoms with van der Waals surface area (Å²) < 4.78 is 5.13. The maximum atomic E-state index is 11.9. The number of carbonyl (C=O) groups is 2. The molecular weight excluding hydrogens is 226 g/mol.